The van der Waals surface area contributed by atoms with E-state index >= 15 is 0 Å². The van der Waals surface area contributed by atoms with Gasteiger partial charge in [0.1, 0.15) is 0 Å². The number of alkyl halides is 1. The Labute approximate surface area is 119 Å². The Kier molecular flexibility index (Phi) is 14.6. The van der Waals surface area contributed by atoms with E-state index in [1.165, 1.54) is 51.4 Å². The third kappa shape index (κ3) is 14.2. The topological polar surface area (TPSA) is 26.3 Å². The summed E-state index contributed by atoms with van der Waals surface area (Å²) in [4.78, 5) is 10.8. The van der Waals surface area contributed by atoms with Crippen LogP contribution in [0.25, 0.3) is 0 Å². The van der Waals surface area contributed by atoms with Crippen molar-refractivity contribution in [2.45, 2.75) is 57.8 Å². The Morgan fingerprint density at radius 3 is 1.82 bits per heavy atom. The van der Waals surface area contributed by atoms with Crippen molar-refractivity contribution in [3.05, 3.63) is 0 Å². The summed E-state index contributed by atoms with van der Waals surface area (Å²) >= 11 is 7.29. The SMILES string of the molecule is O=C(CS)OCCCCCCCCCCCBr. The zero-order valence-electron chi connectivity index (χ0n) is 10.6. The summed E-state index contributed by atoms with van der Waals surface area (Å²) in [5.41, 5.74) is 0. The predicted molar refractivity (Wildman–Crippen MR) is 80.2 cm³/mol. The van der Waals surface area contributed by atoms with E-state index in [1.807, 2.05) is 0 Å². The summed E-state index contributed by atoms with van der Waals surface area (Å²) in [6.45, 7) is 0.560. The Hall–Kier alpha value is 0.300. The zero-order chi connectivity index (χ0) is 12.8. The van der Waals surface area contributed by atoms with Crippen LogP contribution in [0, 0.1) is 0 Å². The first-order chi connectivity index (χ1) is 8.31. The number of hydrogen-bond acceptors (Lipinski definition) is 3. The quantitative estimate of drug-likeness (QED) is 0.250. The highest BCUT2D eigenvalue weighted by molar-refractivity contribution is 9.09. The molecule has 0 rings (SSSR count). The molecule has 0 atom stereocenters. The molecule has 4 heteroatoms. The van der Waals surface area contributed by atoms with Crippen molar-refractivity contribution in [2.75, 3.05) is 17.7 Å². The number of rotatable bonds is 12. The average Bonchev–Trinajstić information content (AvgIpc) is 2.35. The van der Waals surface area contributed by atoms with Gasteiger partial charge in [-0.1, -0.05) is 60.9 Å². The van der Waals surface area contributed by atoms with Crippen molar-refractivity contribution in [1.29, 1.82) is 0 Å². The molecule has 102 valence electrons. The van der Waals surface area contributed by atoms with Crippen molar-refractivity contribution < 1.29 is 9.53 Å². The fourth-order valence-electron chi connectivity index (χ4n) is 1.67. The Bertz CT molecular complexity index is 177. The van der Waals surface area contributed by atoms with E-state index in [0.717, 1.165) is 11.8 Å². The van der Waals surface area contributed by atoms with Gasteiger partial charge in [0.2, 0.25) is 0 Å². The fourth-order valence-corrected chi connectivity index (χ4v) is 2.15. The van der Waals surface area contributed by atoms with Crippen LogP contribution in [0.2, 0.25) is 0 Å². The third-order valence-electron chi connectivity index (χ3n) is 2.67. The highest BCUT2D eigenvalue weighted by atomic mass is 79.9. The number of thiol groups is 1. The van der Waals surface area contributed by atoms with Crippen LogP contribution in [-0.2, 0) is 9.53 Å². The van der Waals surface area contributed by atoms with Crippen LogP contribution in [0.1, 0.15) is 57.8 Å². The van der Waals surface area contributed by atoms with Crippen LogP contribution < -0.4 is 0 Å². The van der Waals surface area contributed by atoms with Gasteiger partial charge in [-0.2, -0.15) is 12.6 Å². The van der Waals surface area contributed by atoms with Crippen LogP contribution in [-0.4, -0.2) is 23.7 Å². The van der Waals surface area contributed by atoms with Gasteiger partial charge in [-0.15, -0.1) is 0 Å². The smallest absolute Gasteiger partial charge is 0.315 e. The molecule has 17 heavy (non-hydrogen) atoms. The van der Waals surface area contributed by atoms with Crippen LogP contribution in [0.15, 0.2) is 0 Å². The normalized spacial score (nSPS) is 10.5. The maximum absolute atomic E-state index is 10.8. The Morgan fingerprint density at radius 1 is 0.882 bits per heavy atom. The average molecular weight is 325 g/mol. The molecule has 0 aliphatic heterocycles. The summed E-state index contributed by atoms with van der Waals surface area (Å²) < 4.78 is 4.94. The number of carbonyl (C=O) groups excluding carboxylic acids is 1. The number of unbranched alkanes of at least 4 members (excludes halogenated alkanes) is 8. The summed E-state index contributed by atoms with van der Waals surface area (Å²) in [6, 6.07) is 0. The van der Waals surface area contributed by atoms with Crippen molar-refractivity contribution in [3.63, 3.8) is 0 Å². The first-order valence-electron chi connectivity index (χ1n) is 6.63. The molecule has 0 aromatic carbocycles. The monoisotopic (exact) mass is 324 g/mol. The molecule has 0 N–H and O–H groups in total. The van der Waals surface area contributed by atoms with Gasteiger partial charge in [0, 0.05) is 5.33 Å². The molecule has 0 aliphatic carbocycles. The second-order valence-electron chi connectivity index (χ2n) is 4.25. The first kappa shape index (κ1) is 17.3. The highest BCUT2D eigenvalue weighted by Gasteiger charge is 1.97. The molecule has 0 aliphatic rings. The van der Waals surface area contributed by atoms with Crippen molar-refractivity contribution in [2.24, 2.45) is 0 Å². The van der Waals surface area contributed by atoms with Gasteiger partial charge in [0.15, 0.2) is 0 Å². The second kappa shape index (κ2) is 14.4. The molecule has 0 fully saturated rings. The number of esters is 1. The van der Waals surface area contributed by atoms with Gasteiger partial charge >= 0.3 is 5.97 Å². The number of halogens is 1. The molecule has 0 spiro atoms. The van der Waals surface area contributed by atoms with E-state index in [1.54, 1.807) is 0 Å². The fraction of sp³-hybridized carbons (Fsp3) is 0.923. The Balaban J connectivity index is 2.96. The molecule has 0 unspecified atom stereocenters. The summed E-state index contributed by atoms with van der Waals surface area (Å²) in [6.07, 6.45) is 11.5. The van der Waals surface area contributed by atoms with E-state index < -0.39 is 0 Å². The van der Waals surface area contributed by atoms with Gasteiger partial charge in [0.05, 0.1) is 12.4 Å². The third-order valence-corrected chi connectivity index (χ3v) is 3.49. The maximum atomic E-state index is 10.8. The minimum Gasteiger partial charge on any atom is -0.465 e. The van der Waals surface area contributed by atoms with Gasteiger partial charge in [-0.3, -0.25) is 4.79 Å². The van der Waals surface area contributed by atoms with Gasteiger partial charge < -0.3 is 4.74 Å². The molecular weight excluding hydrogens is 300 g/mol. The molecule has 0 heterocycles. The van der Waals surface area contributed by atoms with Crippen LogP contribution in [0.5, 0.6) is 0 Å². The van der Waals surface area contributed by atoms with Gasteiger partial charge in [-0.05, 0) is 12.8 Å². The first-order valence-corrected chi connectivity index (χ1v) is 8.39. The molecule has 0 bridgehead atoms. The molecule has 2 nitrogen and oxygen atoms in total. The van der Waals surface area contributed by atoms with Crippen molar-refractivity contribution in [3.8, 4) is 0 Å². The zero-order valence-corrected chi connectivity index (χ0v) is 13.1. The van der Waals surface area contributed by atoms with Gasteiger partial charge in [-0.25, -0.2) is 0 Å². The van der Waals surface area contributed by atoms with E-state index in [-0.39, 0.29) is 11.7 Å². The molecule has 0 radical (unpaired) electrons. The number of carbonyl (C=O) groups is 1. The summed E-state index contributed by atoms with van der Waals surface area (Å²) in [5.74, 6) is -0.0193. The Morgan fingerprint density at radius 2 is 1.35 bits per heavy atom. The predicted octanol–water partition coefficient (Wildman–Crippen LogP) is 4.37. The van der Waals surface area contributed by atoms with Crippen molar-refractivity contribution in [1.82, 2.24) is 0 Å². The number of hydrogen-bond donors (Lipinski definition) is 1. The second-order valence-corrected chi connectivity index (χ2v) is 5.36. The molecule has 0 saturated carbocycles. The highest BCUT2D eigenvalue weighted by Crippen LogP contribution is 2.10. The van der Waals surface area contributed by atoms with Crippen molar-refractivity contribution >= 4 is 34.5 Å². The van der Waals surface area contributed by atoms with Crippen LogP contribution in [0.4, 0.5) is 0 Å². The van der Waals surface area contributed by atoms with Crippen LogP contribution in [0.3, 0.4) is 0 Å². The largest absolute Gasteiger partial charge is 0.465 e. The van der Waals surface area contributed by atoms with E-state index in [9.17, 15) is 4.79 Å². The van der Waals surface area contributed by atoms with E-state index in [2.05, 4.69) is 28.6 Å². The molecule has 0 aromatic rings. The lowest BCUT2D eigenvalue weighted by Crippen LogP contribution is -2.06. The lowest BCUT2D eigenvalue weighted by atomic mass is 10.1. The molecule has 0 saturated heterocycles. The lowest BCUT2D eigenvalue weighted by Gasteiger charge is -2.03. The molecular formula is C13H25BrO2S. The molecule has 0 amide bonds. The summed E-state index contributed by atoms with van der Waals surface area (Å²) in [7, 11) is 0. The van der Waals surface area contributed by atoms with E-state index in [0.29, 0.717) is 6.61 Å². The molecule has 0 aromatic heterocycles. The maximum Gasteiger partial charge on any atom is 0.315 e. The summed E-state index contributed by atoms with van der Waals surface area (Å²) in [5, 5.41) is 1.14. The van der Waals surface area contributed by atoms with Crippen LogP contribution >= 0.6 is 28.6 Å². The lowest BCUT2D eigenvalue weighted by molar-refractivity contribution is -0.140. The standard InChI is InChI=1S/C13H25BrO2S/c14-10-8-6-4-2-1-3-5-7-9-11-16-13(15)12-17/h17H,1-12H2. The van der Waals surface area contributed by atoms with E-state index in [4.69, 9.17) is 4.74 Å². The number of ether oxygens (including phenoxy) is 1. The minimum absolute atomic E-state index is 0.189. The minimum atomic E-state index is -0.208. The van der Waals surface area contributed by atoms with Gasteiger partial charge in [0.25, 0.3) is 0 Å².